The van der Waals surface area contributed by atoms with Gasteiger partial charge in [0.05, 0.1) is 5.25 Å². The minimum Gasteiger partial charge on any atom is -0.305 e. The zero-order chi connectivity index (χ0) is 18.0. The van der Waals surface area contributed by atoms with Crippen molar-refractivity contribution in [2.75, 3.05) is 0 Å². The molecular formula is C19H20N4OS. The number of carbonyl (C=O) groups excluding carboxylic acids is 1. The number of hydrogen-bond acceptors (Lipinski definition) is 5. The summed E-state index contributed by atoms with van der Waals surface area (Å²) < 4.78 is 1.91. The molecule has 0 aliphatic rings. The predicted octanol–water partition coefficient (Wildman–Crippen LogP) is 3.86. The van der Waals surface area contributed by atoms with Gasteiger partial charge in [-0.3, -0.25) is 9.78 Å². The van der Waals surface area contributed by atoms with Crippen molar-refractivity contribution in [3.63, 3.8) is 0 Å². The van der Waals surface area contributed by atoms with Crippen LogP contribution in [0, 0.1) is 13.8 Å². The number of pyridine rings is 1. The van der Waals surface area contributed by atoms with Gasteiger partial charge in [0.15, 0.2) is 16.8 Å². The summed E-state index contributed by atoms with van der Waals surface area (Å²) in [6, 6.07) is 9.61. The number of nitrogens with zero attached hydrogens (tertiary/aromatic N) is 4. The smallest absolute Gasteiger partial charge is 0.191 e. The molecule has 0 saturated heterocycles. The third-order valence-electron chi connectivity index (χ3n) is 4.22. The van der Waals surface area contributed by atoms with E-state index in [4.69, 9.17) is 0 Å². The lowest BCUT2D eigenvalue weighted by molar-refractivity contribution is 0.0993. The molecule has 0 aliphatic heterocycles. The van der Waals surface area contributed by atoms with Crippen LogP contribution in [0.5, 0.6) is 0 Å². The van der Waals surface area contributed by atoms with E-state index in [9.17, 15) is 4.79 Å². The number of thioether (sulfide) groups is 1. The van der Waals surface area contributed by atoms with Crippen molar-refractivity contribution in [3.8, 4) is 11.4 Å². The van der Waals surface area contributed by atoms with Crippen LogP contribution in [0.4, 0.5) is 0 Å². The fourth-order valence-corrected chi connectivity index (χ4v) is 3.40. The Balaban J connectivity index is 1.79. The van der Waals surface area contributed by atoms with Gasteiger partial charge in [-0.1, -0.05) is 23.9 Å². The molecule has 0 aliphatic carbocycles. The van der Waals surface area contributed by atoms with Crippen molar-refractivity contribution >= 4 is 17.5 Å². The Morgan fingerprint density at radius 2 is 1.80 bits per heavy atom. The largest absolute Gasteiger partial charge is 0.305 e. The molecule has 1 aromatic carbocycles. The average Bonchev–Trinajstić information content (AvgIpc) is 2.98. The Labute approximate surface area is 151 Å². The van der Waals surface area contributed by atoms with Gasteiger partial charge in [0.25, 0.3) is 0 Å². The lowest BCUT2D eigenvalue weighted by Crippen LogP contribution is -2.14. The van der Waals surface area contributed by atoms with Crippen LogP contribution in [-0.2, 0) is 7.05 Å². The van der Waals surface area contributed by atoms with Gasteiger partial charge in [0.2, 0.25) is 0 Å². The molecule has 5 nitrogen and oxygen atoms in total. The summed E-state index contributed by atoms with van der Waals surface area (Å²) in [4.78, 5) is 16.7. The highest BCUT2D eigenvalue weighted by molar-refractivity contribution is 8.00. The maximum atomic E-state index is 12.7. The van der Waals surface area contributed by atoms with Crippen LogP contribution >= 0.6 is 11.8 Å². The van der Waals surface area contributed by atoms with E-state index in [0.29, 0.717) is 0 Å². The summed E-state index contributed by atoms with van der Waals surface area (Å²) in [5.74, 6) is 0.859. The maximum absolute atomic E-state index is 12.7. The summed E-state index contributed by atoms with van der Waals surface area (Å²) >= 11 is 1.42. The quantitative estimate of drug-likeness (QED) is 0.515. The number of benzene rings is 1. The Bertz CT molecular complexity index is 905. The Morgan fingerprint density at radius 1 is 1.08 bits per heavy atom. The summed E-state index contributed by atoms with van der Waals surface area (Å²) in [5.41, 5.74) is 4.00. The number of hydrogen-bond donors (Lipinski definition) is 0. The summed E-state index contributed by atoms with van der Waals surface area (Å²) in [6.07, 6.45) is 3.45. The van der Waals surface area contributed by atoms with Gasteiger partial charge in [0, 0.05) is 30.6 Å². The van der Waals surface area contributed by atoms with Crippen molar-refractivity contribution in [1.29, 1.82) is 0 Å². The van der Waals surface area contributed by atoms with Gasteiger partial charge in [-0.05, 0) is 50.1 Å². The first-order valence-electron chi connectivity index (χ1n) is 8.05. The minimum atomic E-state index is -0.240. The van der Waals surface area contributed by atoms with Crippen LogP contribution in [0.2, 0.25) is 0 Å². The van der Waals surface area contributed by atoms with Crippen molar-refractivity contribution in [3.05, 3.63) is 59.4 Å². The van der Waals surface area contributed by atoms with Gasteiger partial charge < -0.3 is 4.57 Å². The van der Waals surface area contributed by atoms with Gasteiger partial charge in [-0.25, -0.2) is 0 Å². The molecule has 0 fully saturated rings. The monoisotopic (exact) mass is 352 g/mol. The molecule has 0 amide bonds. The topological polar surface area (TPSA) is 60.7 Å². The maximum Gasteiger partial charge on any atom is 0.191 e. The summed E-state index contributed by atoms with van der Waals surface area (Å²) in [6.45, 7) is 5.97. The molecule has 0 spiro atoms. The number of ketones is 1. The number of carbonyl (C=O) groups is 1. The molecular weight excluding hydrogens is 332 g/mol. The van der Waals surface area contributed by atoms with Crippen LogP contribution in [0.25, 0.3) is 11.4 Å². The lowest BCUT2D eigenvalue weighted by atomic mass is 10.0. The standard InChI is InChI=1S/C19H20N4OS/c1-12-5-6-16(11-13(12)2)17(24)14(3)25-19-22-21-18(23(19)4)15-7-9-20-10-8-15/h5-11,14H,1-4H3/t14-/m1/s1. The first kappa shape index (κ1) is 17.4. The highest BCUT2D eigenvalue weighted by Gasteiger charge is 2.20. The molecule has 6 heteroatoms. The molecule has 2 heterocycles. The molecule has 0 bridgehead atoms. The third-order valence-corrected chi connectivity index (χ3v) is 5.35. The SMILES string of the molecule is Cc1ccc(C(=O)[C@@H](C)Sc2nnc(-c3ccncc3)n2C)cc1C. The first-order valence-corrected chi connectivity index (χ1v) is 8.93. The lowest BCUT2D eigenvalue weighted by Gasteiger charge is -2.11. The summed E-state index contributed by atoms with van der Waals surface area (Å²) in [7, 11) is 1.91. The molecule has 1 atom stereocenters. The van der Waals surface area contributed by atoms with Crippen molar-refractivity contribution in [1.82, 2.24) is 19.7 Å². The molecule has 0 N–H and O–H groups in total. The second-order valence-electron chi connectivity index (χ2n) is 6.02. The number of aromatic nitrogens is 4. The van der Waals surface area contributed by atoms with E-state index in [1.54, 1.807) is 12.4 Å². The Kier molecular flexibility index (Phi) is 4.99. The fraction of sp³-hybridized carbons (Fsp3) is 0.263. The van der Waals surface area contributed by atoms with E-state index in [-0.39, 0.29) is 11.0 Å². The highest BCUT2D eigenvalue weighted by Crippen LogP contribution is 2.27. The van der Waals surface area contributed by atoms with E-state index in [1.807, 2.05) is 62.7 Å². The third kappa shape index (κ3) is 3.64. The molecule has 3 rings (SSSR count). The van der Waals surface area contributed by atoms with Crippen LogP contribution in [0.3, 0.4) is 0 Å². The van der Waals surface area contributed by atoms with Crippen LogP contribution in [0.15, 0.2) is 47.9 Å². The van der Waals surface area contributed by atoms with Crippen molar-refractivity contribution in [2.24, 2.45) is 7.05 Å². The molecule has 0 unspecified atom stereocenters. The van der Waals surface area contributed by atoms with E-state index in [0.717, 1.165) is 27.7 Å². The number of aryl methyl sites for hydroxylation is 2. The van der Waals surface area contributed by atoms with Gasteiger partial charge in [0.1, 0.15) is 0 Å². The normalized spacial score (nSPS) is 12.2. The molecule has 25 heavy (non-hydrogen) atoms. The molecule has 0 radical (unpaired) electrons. The van der Waals surface area contributed by atoms with Crippen LogP contribution in [-0.4, -0.2) is 30.8 Å². The van der Waals surface area contributed by atoms with E-state index in [2.05, 4.69) is 15.2 Å². The average molecular weight is 352 g/mol. The molecule has 128 valence electrons. The second kappa shape index (κ2) is 7.19. The predicted molar refractivity (Wildman–Crippen MR) is 99.8 cm³/mol. The first-order chi connectivity index (χ1) is 12.0. The van der Waals surface area contributed by atoms with Gasteiger partial charge >= 0.3 is 0 Å². The minimum absolute atomic E-state index is 0.0987. The van der Waals surface area contributed by atoms with Crippen LogP contribution < -0.4 is 0 Å². The zero-order valence-electron chi connectivity index (χ0n) is 14.7. The van der Waals surface area contributed by atoms with Gasteiger partial charge in [-0.2, -0.15) is 0 Å². The Hall–Kier alpha value is -2.47. The molecule has 3 aromatic rings. The fourth-order valence-electron chi connectivity index (χ4n) is 2.51. The van der Waals surface area contributed by atoms with E-state index < -0.39 is 0 Å². The van der Waals surface area contributed by atoms with Crippen molar-refractivity contribution in [2.45, 2.75) is 31.2 Å². The Morgan fingerprint density at radius 3 is 2.48 bits per heavy atom. The highest BCUT2D eigenvalue weighted by atomic mass is 32.2. The van der Waals surface area contributed by atoms with E-state index >= 15 is 0 Å². The zero-order valence-corrected chi connectivity index (χ0v) is 15.5. The summed E-state index contributed by atoms with van der Waals surface area (Å²) in [5, 5.41) is 8.97. The van der Waals surface area contributed by atoms with Crippen LogP contribution in [0.1, 0.15) is 28.4 Å². The van der Waals surface area contributed by atoms with E-state index in [1.165, 1.54) is 17.3 Å². The number of Topliss-reactive ketones (excluding diaryl/α,β-unsaturated/α-hetero) is 1. The molecule has 0 saturated carbocycles. The molecule has 2 aromatic heterocycles. The van der Waals surface area contributed by atoms with Gasteiger partial charge in [-0.15, -0.1) is 10.2 Å². The number of rotatable bonds is 5. The second-order valence-corrected chi connectivity index (χ2v) is 7.33. The van der Waals surface area contributed by atoms with Crippen molar-refractivity contribution < 1.29 is 4.79 Å².